The van der Waals surface area contributed by atoms with Gasteiger partial charge in [0.2, 0.25) is 10.0 Å². The van der Waals surface area contributed by atoms with E-state index in [-0.39, 0.29) is 0 Å². The molecule has 1 atom stereocenters. The third-order valence-corrected chi connectivity index (χ3v) is 5.37. The lowest BCUT2D eigenvalue weighted by molar-refractivity contribution is 0.491. The summed E-state index contributed by atoms with van der Waals surface area (Å²) >= 11 is 0. The molecule has 106 valence electrons. The molecule has 1 aromatic rings. The van der Waals surface area contributed by atoms with Gasteiger partial charge < -0.3 is 5.73 Å². The lowest BCUT2D eigenvalue weighted by Gasteiger charge is -2.13. The van der Waals surface area contributed by atoms with Crippen molar-refractivity contribution in [1.82, 2.24) is 4.72 Å². The van der Waals surface area contributed by atoms with Gasteiger partial charge in [0, 0.05) is 13.1 Å². The van der Waals surface area contributed by atoms with Crippen molar-refractivity contribution in [3.63, 3.8) is 0 Å². The van der Waals surface area contributed by atoms with Crippen molar-refractivity contribution in [1.29, 1.82) is 0 Å². The Hall–Kier alpha value is -0.910. The molecule has 19 heavy (non-hydrogen) atoms. The average Bonchev–Trinajstić information content (AvgIpc) is 3.19. The quantitative estimate of drug-likeness (QED) is 0.835. The fourth-order valence-electron chi connectivity index (χ4n) is 2.29. The van der Waals surface area contributed by atoms with Gasteiger partial charge in [-0.1, -0.05) is 19.1 Å². The third-order valence-electron chi connectivity index (χ3n) is 3.79. The summed E-state index contributed by atoms with van der Waals surface area (Å²) in [6.07, 6.45) is 2.46. The molecule has 1 aromatic carbocycles. The maximum Gasteiger partial charge on any atom is 0.240 e. The van der Waals surface area contributed by atoms with Crippen molar-refractivity contribution in [2.45, 2.75) is 38.1 Å². The molecule has 3 N–H and O–H groups in total. The molecule has 0 radical (unpaired) electrons. The lowest BCUT2D eigenvalue weighted by atomic mass is 10.1. The first-order valence-corrected chi connectivity index (χ1v) is 8.21. The molecule has 0 aliphatic heterocycles. The van der Waals surface area contributed by atoms with E-state index >= 15 is 0 Å². The molecule has 1 unspecified atom stereocenters. The predicted octanol–water partition coefficient (Wildman–Crippen LogP) is 1.78. The summed E-state index contributed by atoms with van der Waals surface area (Å²) in [5.41, 5.74) is 7.24. The summed E-state index contributed by atoms with van der Waals surface area (Å²) in [5, 5.41) is 0. The fourth-order valence-corrected chi connectivity index (χ4v) is 3.66. The SMILES string of the molecule is Cc1cc(CN)ccc1S(=O)(=O)NCC(C)C1CC1. The smallest absolute Gasteiger partial charge is 0.240 e. The number of sulfonamides is 1. The molecule has 0 bridgehead atoms. The minimum atomic E-state index is -3.41. The van der Waals surface area contributed by atoms with Gasteiger partial charge in [-0.15, -0.1) is 0 Å². The van der Waals surface area contributed by atoms with Crippen LogP contribution in [0.15, 0.2) is 23.1 Å². The molecular formula is C14H22N2O2S. The molecule has 0 spiro atoms. The summed E-state index contributed by atoms with van der Waals surface area (Å²) in [7, 11) is -3.41. The molecule has 0 saturated heterocycles. The Balaban J connectivity index is 2.09. The molecule has 2 rings (SSSR count). The molecule has 1 saturated carbocycles. The van der Waals surface area contributed by atoms with Crippen molar-refractivity contribution in [2.75, 3.05) is 6.54 Å². The third kappa shape index (κ3) is 3.55. The van der Waals surface area contributed by atoms with E-state index in [1.165, 1.54) is 12.8 Å². The molecule has 0 amide bonds. The molecule has 0 heterocycles. The normalized spacial score (nSPS) is 17.4. The van der Waals surface area contributed by atoms with Gasteiger partial charge in [-0.3, -0.25) is 0 Å². The first kappa shape index (κ1) is 14.5. The van der Waals surface area contributed by atoms with E-state index in [0.29, 0.717) is 29.8 Å². The number of hydrogen-bond donors (Lipinski definition) is 2. The zero-order valence-electron chi connectivity index (χ0n) is 11.5. The molecule has 4 nitrogen and oxygen atoms in total. The van der Waals surface area contributed by atoms with E-state index in [1.807, 2.05) is 6.07 Å². The van der Waals surface area contributed by atoms with E-state index < -0.39 is 10.0 Å². The highest BCUT2D eigenvalue weighted by Gasteiger charge is 2.29. The van der Waals surface area contributed by atoms with Gasteiger partial charge in [-0.05, 0) is 48.8 Å². The van der Waals surface area contributed by atoms with E-state index in [4.69, 9.17) is 5.73 Å². The van der Waals surface area contributed by atoms with Gasteiger partial charge in [0.1, 0.15) is 0 Å². The van der Waals surface area contributed by atoms with Gasteiger partial charge in [0.25, 0.3) is 0 Å². The standard InChI is InChI=1S/C14H22N2O2S/c1-10-7-12(8-15)3-6-14(10)19(17,18)16-9-11(2)13-4-5-13/h3,6-7,11,13,16H,4-5,8-9,15H2,1-2H3. The van der Waals surface area contributed by atoms with E-state index in [1.54, 1.807) is 19.1 Å². The first-order valence-electron chi connectivity index (χ1n) is 6.73. The number of rotatable bonds is 6. The molecule has 1 fully saturated rings. The monoisotopic (exact) mass is 282 g/mol. The van der Waals surface area contributed by atoms with Crippen LogP contribution in [-0.4, -0.2) is 15.0 Å². The van der Waals surface area contributed by atoms with Gasteiger partial charge in [-0.2, -0.15) is 0 Å². The van der Waals surface area contributed by atoms with Gasteiger partial charge in [0.05, 0.1) is 4.90 Å². The molecular weight excluding hydrogens is 260 g/mol. The summed E-state index contributed by atoms with van der Waals surface area (Å²) in [5.74, 6) is 1.11. The Labute approximate surface area is 115 Å². The Kier molecular flexibility index (Phi) is 4.28. The maximum atomic E-state index is 12.3. The molecule has 1 aliphatic carbocycles. The highest BCUT2D eigenvalue weighted by Crippen LogP contribution is 2.36. The van der Waals surface area contributed by atoms with E-state index in [0.717, 1.165) is 11.1 Å². The van der Waals surface area contributed by atoms with Crippen LogP contribution in [0.25, 0.3) is 0 Å². The minimum absolute atomic E-state index is 0.354. The van der Waals surface area contributed by atoms with Crippen LogP contribution in [0.2, 0.25) is 0 Å². The predicted molar refractivity (Wildman–Crippen MR) is 76.1 cm³/mol. The minimum Gasteiger partial charge on any atom is -0.326 e. The number of aryl methyl sites for hydroxylation is 1. The summed E-state index contributed by atoms with van der Waals surface area (Å²) in [4.78, 5) is 0.354. The first-order chi connectivity index (χ1) is 8.94. The molecule has 5 heteroatoms. The Morgan fingerprint density at radius 2 is 2.11 bits per heavy atom. The zero-order valence-corrected chi connectivity index (χ0v) is 12.3. The van der Waals surface area contributed by atoms with Crippen molar-refractivity contribution in [3.8, 4) is 0 Å². The number of benzene rings is 1. The van der Waals surface area contributed by atoms with Crippen LogP contribution in [-0.2, 0) is 16.6 Å². The Morgan fingerprint density at radius 1 is 1.42 bits per heavy atom. The molecule has 1 aliphatic rings. The number of hydrogen-bond acceptors (Lipinski definition) is 3. The second-order valence-electron chi connectivity index (χ2n) is 5.47. The van der Waals surface area contributed by atoms with Crippen molar-refractivity contribution in [3.05, 3.63) is 29.3 Å². The van der Waals surface area contributed by atoms with Crippen molar-refractivity contribution in [2.24, 2.45) is 17.6 Å². The summed E-state index contributed by atoms with van der Waals surface area (Å²) in [6.45, 7) is 4.85. The highest BCUT2D eigenvalue weighted by molar-refractivity contribution is 7.89. The number of nitrogens with one attached hydrogen (secondary N) is 1. The Bertz CT molecular complexity index is 551. The molecule has 0 aromatic heterocycles. The van der Waals surface area contributed by atoms with Crippen molar-refractivity contribution >= 4 is 10.0 Å². The van der Waals surface area contributed by atoms with Gasteiger partial charge >= 0.3 is 0 Å². The number of nitrogens with two attached hydrogens (primary N) is 1. The van der Waals surface area contributed by atoms with Crippen LogP contribution in [0.4, 0.5) is 0 Å². The zero-order chi connectivity index (χ0) is 14.0. The van der Waals surface area contributed by atoms with Crippen LogP contribution in [0.3, 0.4) is 0 Å². The maximum absolute atomic E-state index is 12.3. The fraction of sp³-hybridized carbons (Fsp3) is 0.571. The van der Waals surface area contributed by atoms with Gasteiger partial charge in [0.15, 0.2) is 0 Å². The van der Waals surface area contributed by atoms with Crippen molar-refractivity contribution < 1.29 is 8.42 Å². The van der Waals surface area contributed by atoms with Crippen LogP contribution in [0, 0.1) is 18.8 Å². The highest BCUT2D eigenvalue weighted by atomic mass is 32.2. The van der Waals surface area contributed by atoms with Crippen LogP contribution in [0.5, 0.6) is 0 Å². The Morgan fingerprint density at radius 3 is 2.63 bits per heavy atom. The van der Waals surface area contributed by atoms with E-state index in [9.17, 15) is 8.42 Å². The lowest BCUT2D eigenvalue weighted by Crippen LogP contribution is -2.29. The second kappa shape index (κ2) is 5.61. The topological polar surface area (TPSA) is 72.2 Å². The summed E-state index contributed by atoms with van der Waals surface area (Å²) < 4.78 is 27.2. The van der Waals surface area contributed by atoms with Crippen LogP contribution >= 0.6 is 0 Å². The largest absolute Gasteiger partial charge is 0.326 e. The van der Waals surface area contributed by atoms with Gasteiger partial charge in [-0.25, -0.2) is 13.1 Å². The van der Waals surface area contributed by atoms with E-state index in [2.05, 4.69) is 11.6 Å². The second-order valence-corrected chi connectivity index (χ2v) is 7.21. The van der Waals surface area contributed by atoms with Crippen LogP contribution in [0.1, 0.15) is 30.9 Å². The average molecular weight is 282 g/mol. The van der Waals surface area contributed by atoms with Crippen LogP contribution < -0.4 is 10.5 Å². The summed E-state index contributed by atoms with van der Waals surface area (Å²) in [6, 6.07) is 5.24.